The van der Waals surface area contributed by atoms with E-state index in [4.69, 9.17) is 5.11 Å². The lowest BCUT2D eigenvalue weighted by molar-refractivity contribution is -0.391. The van der Waals surface area contributed by atoms with Crippen LogP contribution in [0.5, 0.6) is 0 Å². The highest BCUT2D eigenvalue weighted by molar-refractivity contribution is 8.01. The fourth-order valence-corrected chi connectivity index (χ4v) is 2.71. The molecule has 1 aromatic rings. The Labute approximate surface area is 103 Å². The number of aliphatic carboxylic acids is 1. The lowest BCUT2D eigenvalue weighted by atomic mass is 10.7. The fourth-order valence-electron chi connectivity index (χ4n) is 0.839. The largest absolute Gasteiger partial charge is 0.481 e. The number of carbonyl (C=O) groups excluding carboxylic acids is 1. The first-order valence-electron chi connectivity index (χ1n) is 4.17. The molecular weight excluding hydrogens is 270 g/mol. The lowest BCUT2D eigenvalue weighted by Gasteiger charge is -1.92. The van der Waals surface area contributed by atoms with E-state index in [1.165, 1.54) is 6.92 Å². The van der Waals surface area contributed by atoms with E-state index in [-0.39, 0.29) is 15.1 Å². The van der Waals surface area contributed by atoms with Gasteiger partial charge in [0.25, 0.3) is 0 Å². The van der Waals surface area contributed by atoms with E-state index in [2.05, 4.69) is 10.3 Å². The molecule has 10 heteroatoms. The highest BCUT2D eigenvalue weighted by Crippen LogP contribution is 2.37. The van der Waals surface area contributed by atoms with Crippen molar-refractivity contribution < 1.29 is 19.6 Å². The van der Waals surface area contributed by atoms with Crippen molar-refractivity contribution in [3.8, 4) is 0 Å². The molecule has 8 nitrogen and oxygen atoms in total. The molecule has 1 amide bonds. The number of carboxylic acid groups (broad SMARTS) is 1. The second-order valence-electron chi connectivity index (χ2n) is 2.75. The number of rotatable bonds is 5. The van der Waals surface area contributed by atoms with E-state index >= 15 is 0 Å². The standard InChI is InChI=1S/C7H7N3O5S2/c1-3(11)8-7-9-5(10(14)15)6(17-7)16-2-4(12)13/h2H2,1H3,(H,12,13)(H,8,9,11). The number of nitrogens with one attached hydrogen (secondary N) is 1. The van der Waals surface area contributed by atoms with Crippen molar-refractivity contribution >= 4 is 45.9 Å². The maximum atomic E-state index is 10.8. The molecule has 0 fully saturated rings. The van der Waals surface area contributed by atoms with Gasteiger partial charge in [0.2, 0.25) is 5.91 Å². The summed E-state index contributed by atoms with van der Waals surface area (Å²) < 4.78 is 0.154. The molecule has 0 saturated heterocycles. The van der Waals surface area contributed by atoms with Crippen LogP contribution in [0, 0.1) is 10.1 Å². The average Bonchev–Trinajstić information content (AvgIpc) is 2.57. The van der Waals surface area contributed by atoms with Gasteiger partial charge in [-0.2, -0.15) is 0 Å². The number of thiazole rings is 1. The Morgan fingerprint density at radius 1 is 1.65 bits per heavy atom. The van der Waals surface area contributed by atoms with Crippen molar-refractivity contribution in [1.82, 2.24) is 4.98 Å². The van der Waals surface area contributed by atoms with E-state index in [0.717, 1.165) is 23.1 Å². The molecule has 17 heavy (non-hydrogen) atoms. The topological polar surface area (TPSA) is 122 Å². The van der Waals surface area contributed by atoms with Crippen molar-refractivity contribution in [2.45, 2.75) is 11.1 Å². The predicted molar refractivity (Wildman–Crippen MR) is 61.4 cm³/mol. The molecule has 1 heterocycles. The molecule has 1 rings (SSSR count). The molecule has 0 bridgehead atoms. The van der Waals surface area contributed by atoms with Gasteiger partial charge in [0.1, 0.15) is 0 Å². The van der Waals surface area contributed by atoms with Gasteiger partial charge in [-0.25, -0.2) is 0 Å². The van der Waals surface area contributed by atoms with Crippen LogP contribution in [0.2, 0.25) is 0 Å². The smallest absolute Gasteiger partial charge is 0.390 e. The zero-order valence-corrected chi connectivity index (χ0v) is 10.1. The molecule has 0 aliphatic heterocycles. The van der Waals surface area contributed by atoms with Crippen molar-refractivity contribution in [2.75, 3.05) is 11.1 Å². The number of aromatic nitrogens is 1. The fraction of sp³-hybridized carbons (Fsp3) is 0.286. The molecule has 0 saturated carbocycles. The highest BCUT2D eigenvalue weighted by atomic mass is 32.2. The zero-order valence-electron chi connectivity index (χ0n) is 8.50. The number of nitro groups is 1. The molecular formula is C7H7N3O5S2. The lowest BCUT2D eigenvalue weighted by Crippen LogP contribution is -2.05. The Balaban J connectivity index is 2.92. The Kier molecular flexibility index (Phi) is 4.40. The molecule has 0 radical (unpaired) electrons. The first-order valence-corrected chi connectivity index (χ1v) is 5.97. The summed E-state index contributed by atoms with van der Waals surface area (Å²) in [6, 6.07) is 0. The molecule has 0 aliphatic carbocycles. The van der Waals surface area contributed by atoms with Crippen LogP contribution in [-0.4, -0.2) is 32.6 Å². The molecule has 0 unspecified atom stereocenters. The summed E-state index contributed by atoms with van der Waals surface area (Å²) in [4.78, 5) is 34.6. The van der Waals surface area contributed by atoms with Crippen LogP contribution in [-0.2, 0) is 9.59 Å². The van der Waals surface area contributed by atoms with Crippen LogP contribution in [0.25, 0.3) is 0 Å². The number of amides is 1. The van der Waals surface area contributed by atoms with Gasteiger partial charge in [-0.1, -0.05) is 23.1 Å². The first-order chi connectivity index (χ1) is 7.90. The van der Waals surface area contributed by atoms with Gasteiger partial charge in [-0.3, -0.25) is 14.9 Å². The minimum absolute atomic E-state index is 0.0806. The molecule has 0 spiro atoms. The summed E-state index contributed by atoms with van der Waals surface area (Å²) >= 11 is 1.67. The quantitative estimate of drug-likeness (QED) is 0.470. The van der Waals surface area contributed by atoms with Crippen molar-refractivity contribution in [1.29, 1.82) is 0 Å². The van der Waals surface area contributed by atoms with E-state index in [9.17, 15) is 19.7 Å². The Morgan fingerprint density at radius 3 is 2.76 bits per heavy atom. The van der Waals surface area contributed by atoms with E-state index in [0.29, 0.717) is 0 Å². The number of carbonyl (C=O) groups is 2. The predicted octanol–water partition coefficient (Wildman–Crippen LogP) is 1.19. The maximum absolute atomic E-state index is 10.8. The number of thioether (sulfide) groups is 1. The Bertz CT molecular complexity index is 472. The van der Waals surface area contributed by atoms with Gasteiger partial charge >= 0.3 is 16.9 Å². The molecule has 2 N–H and O–H groups in total. The summed E-state index contributed by atoms with van der Waals surface area (Å²) in [6.07, 6.45) is 0. The summed E-state index contributed by atoms with van der Waals surface area (Å²) in [5.41, 5.74) is 0. The third-order valence-electron chi connectivity index (χ3n) is 1.36. The van der Waals surface area contributed by atoms with E-state index in [1.54, 1.807) is 0 Å². The van der Waals surface area contributed by atoms with Gasteiger partial charge in [-0.05, 0) is 9.91 Å². The number of hydrogen-bond donors (Lipinski definition) is 2. The van der Waals surface area contributed by atoms with Crippen molar-refractivity contribution in [2.24, 2.45) is 0 Å². The van der Waals surface area contributed by atoms with Crippen LogP contribution < -0.4 is 5.32 Å². The van der Waals surface area contributed by atoms with Crippen LogP contribution >= 0.6 is 23.1 Å². The number of anilines is 1. The van der Waals surface area contributed by atoms with Crippen molar-refractivity contribution in [3.05, 3.63) is 10.1 Å². The number of nitrogens with zero attached hydrogens (tertiary/aromatic N) is 2. The maximum Gasteiger partial charge on any atom is 0.390 e. The molecule has 0 aromatic carbocycles. The first kappa shape index (κ1) is 13.4. The third kappa shape index (κ3) is 4.00. The summed E-state index contributed by atoms with van der Waals surface area (Å²) in [5.74, 6) is -2.23. The van der Waals surface area contributed by atoms with Gasteiger partial charge in [-0.15, -0.1) is 0 Å². The van der Waals surface area contributed by atoms with Crippen LogP contribution in [0.4, 0.5) is 10.9 Å². The van der Waals surface area contributed by atoms with Gasteiger partial charge in [0, 0.05) is 6.92 Å². The van der Waals surface area contributed by atoms with Crippen LogP contribution in [0.1, 0.15) is 6.92 Å². The number of carboxylic acids is 1. The van der Waals surface area contributed by atoms with Gasteiger partial charge < -0.3 is 15.2 Å². The highest BCUT2D eigenvalue weighted by Gasteiger charge is 2.24. The normalized spacial score (nSPS) is 9.94. The zero-order chi connectivity index (χ0) is 13.0. The minimum atomic E-state index is -1.08. The molecule has 0 atom stereocenters. The van der Waals surface area contributed by atoms with Gasteiger partial charge in [0.05, 0.1) is 5.75 Å². The summed E-state index contributed by atoms with van der Waals surface area (Å²) in [6.45, 7) is 1.25. The van der Waals surface area contributed by atoms with Crippen LogP contribution in [0.3, 0.4) is 0 Å². The SMILES string of the molecule is CC(=O)Nc1nc([N+](=O)[O-])c(SCC(=O)O)s1. The molecule has 0 aliphatic rings. The van der Waals surface area contributed by atoms with E-state index in [1.807, 2.05) is 0 Å². The van der Waals surface area contributed by atoms with Crippen molar-refractivity contribution in [3.63, 3.8) is 0 Å². The van der Waals surface area contributed by atoms with Crippen LogP contribution in [0.15, 0.2) is 4.21 Å². The molecule has 92 valence electrons. The molecule has 1 aromatic heterocycles. The van der Waals surface area contributed by atoms with Gasteiger partial charge in [0.15, 0.2) is 4.21 Å². The monoisotopic (exact) mass is 277 g/mol. The van der Waals surface area contributed by atoms with E-state index < -0.39 is 22.6 Å². The third-order valence-corrected chi connectivity index (χ3v) is 3.56. The summed E-state index contributed by atoms with van der Waals surface area (Å²) in [7, 11) is 0. The number of hydrogen-bond acceptors (Lipinski definition) is 7. The second kappa shape index (κ2) is 5.59. The Hall–Kier alpha value is -1.68. The Morgan fingerprint density at radius 2 is 2.29 bits per heavy atom. The average molecular weight is 277 g/mol. The second-order valence-corrected chi connectivity index (χ2v) is 4.99. The summed E-state index contributed by atoms with van der Waals surface area (Å²) in [5, 5.41) is 21.5. The minimum Gasteiger partial charge on any atom is -0.481 e.